The molecule has 0 aromatic heterocycles. The molecule has 0 aliphatic heterocycles. The monoisotopic (exact) mass is 134 g/mol. The van der Waals surface area contributed by atoms with Gasteiger partial charge >= 0.3 is 0 Å². The van der Waals surface area contributed by atoms with E-state index in [1.54, 1.807) is 0 Å². The van der Waals surface area contributed by atoms with E-state index >= 15 is 0 Å². The predicted octanol–water partition coefficient (Wildman–Crippen LogP) is 2.61. The van der Waals surface area contributed by atoms with E-state index in [9.17, 15) is 0 Å². The van der Waals surface area contributed by atoms with Gasteiger partial charge in [-0.15, -0.1) is 0 Å². The van der Waals surface area contributed by atoms with Crippen LogP contribution < -0.4 is 0 Å². The summed E-state index contributed by atoms with van der Waals surface area (Å²) in [4.78, 5) is 0. The number of benzene rings is 1. The highest BCUT2D eigenvalue weighted by Crippen LogP contribution is 2.10. The normalized spacial score (nSPS) is 11.5. The molecule has 0 atom stereocenters. The summed E-state index contributed by atoms with van der Waals surface area (Å²) in [5, 5.41) is 8.63. The fourth-order valence-electron chi connectivity index (χ4n) is 0.776. The Morgan fingerprint density at radius 3 is 2.40 bits per heavy atom. The van der Waals surface area contributed by atoms with Crippen molar-refractivity contribution in [1.82, 2.24) is 0 Å². The standard InChI is InChI=1S/C9H10O/c1-8(7-10)9-5-3-2-4-6-9/h2-7,10H,1H3/b8-7-. The van der Waals surface area contributed by atoms with Crippen molar-refractivity contribution in [3.8, 4) is 0 Å². The highest BCUT2D eigenvalue weighted by Gasteiger charge is 1.90. The van der Waals surface area contributed by atoms with Crippen molar-refractivity contribution < 1.29 is 5.11 Å². The van der Waals surface area contributed by atoms with Crippen molar-refractivity contribution in [2.75, 3.05) is 0 Å². The van der Waals surface area contributed by atoms with Gasteiger partial charge in [0.2, 0.25) is 0 Å². The van der Waals surface area contributed by atoms with Crippen molar-refractivity contribution in [1.29, 1.82) is 0 Å². The number of rotatable bonds is 1. The van der Waals surface area contributed by atoms with Gasteiger partial charge in [-0.2, -0.15) is 0 Å². The lowest BCUT2D eigenvalue weighted by atomic mass is 10.1. The number of allylic oxidation sites excluding steroid dienone is 1. The molecule has 0 saturated heterocycles. The molecule has 0 saturated carbocycles. The van der Waals surface area contributed by atoms with Gasteiger partial charge in [0, 0.05) is 0 Å². The molecule has 52 valence electrons. The minimum Gasteiger partial charge on any atom is -0.515 e. The second kappa shape index (κ2) is 3.06. The fraction of sp³-hybridized carbons (Fsp3) is 0.111. The van der Waals surface area contributed by atoms with E-state index in [-0.39, 0.29) is 0 Å². The maximum atomic E-state index is 8.63. The summed E-state index contributed by atoms with van der Waals surface area (Å²) in [6.07, 6.45) is 1.12. The molecular weight excluding hydrogens is 124 g/mol. The van der Waals surface area contributed by atoms with Crippen LogP contribution in [0.15, 0.2) is 36.6 Å². The summed E-state index contributed by atoms with van der Waals surface area (Å²) in [5.41, 5.74) is 1.95. The second-order valence-electron chi connectivity index (χ2n) is 2.18. The number of hydrogen-bond donors (Lipinski definition) is 1. The summed E-state index contributed by atoms with van der Waals surface area (Å²) < 4.78 is 0. The quantitative estimate of drug-likeness (QED) is 0.585. The van der Waals surface area contributed by atoms with Crippen molar-refractivity contribution in [2.24, 2.45) is 0 Å². The van der Waals surface area contributed by atoms with Crippen LogP contribution in [0.1, 0.15) is 12.5 Å². The van der Waals surface area contributed by atoms with Gasteiger partial charge in [-0.05, 0) is 18.1 Å². The van der Waals surface area contributed by atoms with Gasteiger partial charge in [0.15, 0.2) is 0 Å². The lowest BCUT2D eigenvalue weighted by Gasteiger charge is -1.96. The average molecular weight is 134 g/mol. The van der Waals surface area contributed by atoms with Gasteiger partial charge in [0.25, 0.3) is 0 Å². The van der Waals surface area contributed by atoms with Crippen LogP contribution >= 0.6 is 0 Å². The van der Waals surface area contributed by atoms with E-state index in [1.165, 1.54) is 0 Å². The molecule has 0 heterocycles. The zero-order valence-corrected chi connectivity index (χ0v) is 5.91. The third-order valence-corrected chi connectivity index (χ3v) is 1.42. The highest BCUT2D eigenvalue weighted by atomic mass is 16.2. The van der Waals surface area contributed by atoms with E-state index in [0.717, 1.165) is 17.4 Å². The van der Waals surface area contributed by atoms with Crippen molar-refractivity contribution in [3.05, 3.63) is 42.2 Å². The lowest BCUT2D eigenvalue weighted by molar-refractivity contribution is 0.475. The first kappa shape index (κ1) is 6.87. The second-order valence-corrected chi connectivity index (χ2v) is 2.18. The predicted molar refractivity (Wildman–Crippen MR) is 42.7 cm³/mol. The van der Waals surface area contributed by atoms with Gasteiger partial charge in [-0.3, -0.25) is 0 Å². The Kier molecular flexibility index (Phi) is 2.11. The van der Waals surface area contributed by atoms with E-state index in [2.05, 4.69) is 0 Å². The van der Waals surface area contributed by atoms with Gasteiger partial charge in [-0.25, -0.2) is 0 Å². The van der Waals surface area contributed by atoms with Crippen LogP contribution in [-0.4, -0.2) is 5.11 Å². The number of aliphatic hydroxyl groups excluding tert-OH is 1. The zero-order valence-electron chi connectivity index (χ0n) is 5.91. The molecule has 1 aromatic rings. The zero-order chi connectivity index (χ0) is 7.40. The number of aliphatic hydroxyl groups is 1. The molecule has 1 aromatic carbocycles. The molecule has 0 radical (unpaired) electrons. The van der Waals surface area contributed by atoms with Gasteiger partial charge in [0.05, 0.1) is 6.26 Å². The van der Waals surface area contributed by atoms with E-state index < -0.39 is 0 Å². The first-order chi connectivity index (χ1) is 4.84. The van der Waals surface area contributed by atoms with Crippen LogP contribution in [0.5, 0.6) is 0 Å². The van der Waals surface area contributed by atoms with Crippen molar-refractivity contribution in [2.45, 2.75) is 6.92 Å². The Morgan fingerprint density at radius 1 is 1.30 bits per heavy atom. The molecule has 1 N–H and O–H groups in total. The Morgan fingerprint density at radius 2 is 1.90 bits per heavy atom. The van der Waals surface area contributed by atoms with Gasteiger partial charge in [0.1, 0.15) is 0 Å². The van der Waals surface area contributed by atoms with Gasteiger partial charge < -0.3 is 5.11 Å². The van der Waals surface area contributed by atoms with Crippen LogP contribution in [0.3, 0.4) is 0 Å². The summed E-state index contributed by atoms with van der Waals surface area (Å²) in [7, 11) is 0. The summed E-state index contributed by atoms with van der Waals surface area (Å²) in [6, 6.07) is 9.77. The lowest BCUT2D eigenvalue weighted by Crippen LogP contribution is -1.76. The van der Waals surface area contributed by atoms with Crippen LogP contribution in [0.4, 0.5) is 0 Å². The molecule has 10 heavy (non-hydrogen) atoms. The molecule has 0 unspecified atom stereocenters. The maximum absolute atomic E-state index is 8.63. The van der Waals surface area contributed by atoms with E-state index in [4.69, 9.17) is 5.11 Å². The molecular formula is C9H10O. The highest BCUT2D eigenvalue weighted by molar-refractivity contribution is 5.62. The molecule has 0 spiro atoms. The fourth-order valence-corrected chi connectivity index (χ4v) is 0.776. The van der Waals surface area contributed by atoms with E-state index in [0.29, 0.717) is 0 Å². The van der Waals surface area contributed by atoms with Crippen LogP contribution in [0.2, 0.25) is 0 Å². The Labute approximate surface area is 60.6 Å². The third-order valence-electron chi connectivity index (χ3n) is 1.42. The topological polar surface area (TPSA) is 20.2 Å². The molecule has 1 nitrogen and oxygen atoms in total. The Bertz CT molecular complexity index is 224. The summed E-state index contributed by atoms with van der Waals surface area (Å²) >= 11 is 0. The average Bonchev–Trinajstić information content (AvgIpc) is 2.05. The first-order valence-electron chi connectivity index (χ1n) is 3.21. The minimum absolute atomic E-state index is 0.889. The maximum Gasteiger partial charge on any atom is 0.0826 e. The molecule has 0 aliphatic carbocycles. The van der Waals surface area contributed by atoms with Crippen molar-refractivity contribution in [3.63, 3.8) is 0 Å². The van der Waals surface area contributed by atoms with Crippen LogP contribution in [0, 0.1) is 0 Å². The SMILES string of the molecule is C/C(=C/O)c1ccccc1. The van der Waals surface area contributed by atoms with E-state index in [1.807, 2.05) is 37.3 Å². The molecule has 0 amide bonds. The first-order valence-corrected chi connectivity index (χ1v) is 3.21. The van der Waals surface area contributed by atoms with Crippen LogP contribution in [-0.2, 0) is 0 Å². The Balaban J connectivity index is 2.96. The molecule has 0 fully saturated rings. The van der Waals surface area contributed by atoms with Gasteiger partial charge in [-0.1, -0.05) is 30.3 Å². The molecule has 1 rings (SSSR count). The molecule has 1 heteroatoms. The summed E-state index contributed by atoms with van der Waals surface area (Å²) in [6.45, 7) is 1.87. The third kappa shape index (κ3) is 1.38. The van der Waals surface area contributed by atoms with Crippen LogP contribution in [0.25, 0.3) is 5.57 Å². The molecule has 0 bridgehead atoms. The smallest absolute Gasteiger partial charge is 0.0826 e. The molecule has 0 aliphatic rings. The number of hydrogen-bond acceptors (Lipinski definition) is 1. The Hall–Kier alpha value is -1.24. The summed E-state index contributed by atoms with van der Waals surface area (Å²) in [5.74, 6) is 0. The van der Waals surface area contributed by atoms with Crippen molar-refractivity contribution >= 4 is 5.57 Å². The largest absolute Gasteiger partial charge is 0.515 e. The minimum atomic E-state index is 0.889.